The monoisotopic (exact) mass is 262 g/mol. The quantitative estimate of drug-likeness (QED) is 0.688. The largest absolute Gasteiger partial charge is 0.394 e. The lowest BCUT2D eigenvalue weighted by atomic mass is 10.2. The highest BCUT2D eigenvalue weighted by Gasteiger charge is 2.35. The average Bonchev–Trinajstić information content (AvgIpc) is 2.67. The fourth-order valence-electron chi connectivity index (χ4n) is 1.74. The molecule has 17 heavy (non-hydrogen) atoms. The van der Waals surface area contributed by atoms with Gasteiger partial charge in [-0.2, -0.15) is 4.09 Å². The molecule has 94 valence electrons. The Morgan fingerprint density at radius 2 is 2.24 bits per heavy atom. The molecular weight excluding hydrogens is 252 g/mol. The first-order valence-corrected chi connectivity index (χ1v) is 5.33. The second-order valence-corrected chi connectivity index (χ2v) is 4.08. The first-order valence-electron chi connectivity index (χ1n) is 4.99. The van der Waals surface area contributed by atoms with Crippen LogP contribution >= 0.6 is 11.8 Å². The van der Waals surface area contributed by atoms with Crippen molar-refractivity contribution in [3.05, 3.63) is 33.1 Å². The molecule has 2 rings (SSSR count). The van der Waals surface area contributed by atoms with Crippen LogP contribution in [0.1, 0.15) is 12.6 Å². The van der Waals surface area contributed by atoms with E-state index in [0.717, 1.165) is 10.6 Å². The number of halogens is 1. The Morgan fingerprint density at radius 1 is 1.53 bits per heavy atom. The molecule has 0 radical (unpaired) electrons. The summed E-state index contributed by atoms with van der Waals surface area (Å²) in [5.41, 5.74) is -1.37. The third-order valence-corrected chi connectivity index (χ3v) is 2.97. The fourth-order valence-corrected chi connectivity index (χ4v) is 1.88. The number of rotatable bonds is 2. The molecule has 0 spiro atoms. The highest BCUT2D eigenvalue weighted by molar-refractivity contribution is 6.15. The second-order valence-electron chi connectivity index (χ2n) is 3.74. The van der Waals surface area contributed by atoms with Crippen molar-refractivity contribution in [3.8, 4) is 0 Å². The molecule has 0 aliphatic carbocycles. The first kappa shape index (κ1) is 12.3. The lowest BCUT2D eigenvalue weighted by Gasteiger charge is -2.14. The van der Waals surface area contributed by atoms with Crippen LogP contribution in [0, 0.1) is 0 Å². The molecule has 1 fully saturated rings. The van der Waals surface area contributed by atoms with Crippen molar-refractivity contribution in [2.45, 2.75) is 24.9 Å². The molecule has 1 aromatic heterocycles. The van der Waals surface area contributed by atoms with Gasteiger partial charge in [0.2, 0.25) is 0 Å². The number of hydrogen-bond donors (Lipinski definition) is 2. The molecule has 8 heteroatoms. The Labute approximate surface area is 101 Å². The third-order valence-electron chi connectivity index (χ3n) is 2.65. The highest BCUT2D eigenvalue weighted by Crippen LogP contribution is 2.26. The van der Waals surface area contributed by atoms with E-state index in [9.17, 15) is 14.7 Å². The second kappa shape index (κ2) is 4.61. The smallest absolute Gasteiger partial charge is 0.348 e. The van der Waals surface area contributed by atoms with Gasteiger partial charge in [-0.05, 0) is 0 Å². The minimum atomic E-state index is -0.854. The van der Waals surface area contributed by atoms with Gasteiger partial charge in [-0.1, -0.05) is 0 Å². The van der Waals surface area contributed by atoms with Crippen LogP contribution < -0.4 is 11.2 Å². The number of aliphatic hydroxyl groups is 2. The number of ether oxygens (including phenoxy) is 1. The maximum atomic E-state index is 11.6. The molecule has 2 N–H and O–H groups in total. The van der Waals surface area contributed by atoms with Crippen molar-refractivity contribution < 1.29 is 14.9 Å². The highest BCUT2D eigenvalue weighted by atomic mass is 35.5. The summed E-state index contributed by atoms with van der Waals surface area (Å²) in [7, 11) is 0. The zero-order chi connectivity index (χ0) is 12.6. The Balaban J connectivity index is 2.34. The fraction of sp³-hybridized carbons (Fsp3) is 0.556. The van der Waals surface area contributed by atoms with Gasteiger partial charge < -0.3 is 14.9 Å². The van der Waals surface area contributed by atoms with Crippen LogP contribution in [0.15, 0.2) is 21.9 Å². The number of aliphatic hydroxyl groups excluding tert-OH is 2. The van der Waals surface area contributed by atoms with Gasteiger partial charge in [-0.15, -0.1) is 0 Å². The van der Waals surface area contributed by atoms with Gasteiger partial charge >= 0.3 is 5.69 Å². The molecule has 0 aromatic carbocycles. The van der Waals surface area contributed by atoms with Gasteiger partial charge in [0.1, 0.15) is 12.3 Å². The summed E-state index contributed by atoms with van der Waals surface area (Å²) in [6, 6.07) is 1.12. The maximum Gasteiger partial charge on any atom is 0.348 e. The predicted molar refractivity (Wildman–Crippen MR) is 57.8 cm³/mol. The molecule has 3 atom stereocenters. The summed E-state index contributed by atoms with van der Waals surface area (Å²) in [5.74, 6) is 0. The van der Waals surface area contributed by atoms with Gasteiger partial charge in [0.25, 0.3) is 5.56 Å². The molecule has 2 heterocycles. The van der Waals surface area contributed by atoms with Crippen molar-refractivity contribution in [3.63, 3.8) is 0 Å². The lowest BCUT2D eigenvalue weighted by Crippen LogP contribution is -2.36. The Morgan fingerprint density at radius 3 is 2.82 bits per heavy atom. The van der Waals surface area contributed by atoms with Crippen molar-refractivity contribution in [1.82, 2.24) is 8.65 Å². The summed E-state index contributed by atoms with van der Waals surface area (Å²) in [4.78, 5) is 22.7. The molecular formula is C9H11ClN2O5. The van der Waals surface area contributed by atoms with Gasteiger partial charge in [0, 0.05) is 30.5 Å². The van der Waals surface area contributed by atoms with Crippen LogP contribution in [-0.4, -0.2) is 37.7 Å². The maximum absolute atomic E-state index is 11.6. The summed E-state index contributed by atoms with van der Waals surface area (Å²) < 4.78 is 6.81. The molecule has 7 nitrogen and oxygen atoms in total. The summed E-state index contributed by atoms with van der Waals surface area (Å²) in [5, 5.41) is 18.4. The topological polar surface area (TPSA) is 93.7 Å². The van der Waals surface area contributed by atoms with Crippen molar-refractivity contribution >= 4 is 11.8 Å². The van der Waals surface area contributed by atoms with Crippen molar-refractivity contribution in [2.24, 2.45) is 0 Å². The molecule has 1 aliphatic rings. The van der Waals surface area contributed by atoms with Crippen LogP contribution in [0.25, 0.3) is 0 Å². The molecule has 1 aromatic rings. The normalized spacial score (nSPS) is 28.5. The van der Waals surface area contributed by atoms with E-state index in [1.807, 2.05) is 0 Å². The first-order chi connectivity index (χ1) is 8.04. The average molecular weight is 263 g/mol. The summed E-state index contributed by atoms with van der Waals surface area (Å²) in [6.07, 6.45) is -0.920. The zero-order valence-corrected chi connectivity index (χ0v) is 9.45. The summed E-state index contributed by atoms with van der Waals surface area (Å²) in [6.45, 7) is -0.340. The molecule has 1 aliphatic heterocycles. The third kappa shape index (κ3) is 2.14. The van der Waals surface area contributed by atoms with Gasteiger partial charge in [0.15, 0.2) is 0 Å². The van der Waals surface area contributed by atoms with Crippen LogP contribution in [0.4, 0.5) is 0 Å². The van der Waals surface area contributed by atoms with E-state index in [1.54, 1.807) is 0 Å². The Kier molecular flexibility index (Phi) is 3.34. The van der Waals surface area contributed by atoms with E-state index in [2.05, 4.69) is 0 Å². The minimum Gasteiger partial charge on any atom is -0.394 e. The Bertz CT molecular complexity index is 525. The van der Waals surface area contributed by atoms with Crippen LogP contribution in [0.2, 0.25) is 0 Å². The van der Waals surface area contributed by atoms with E-state index in [0.29, 0.717) is 4.09 Å². The molecule has 0 unspecified atom stereocenters. The molecule has 0 bridgehead atoms. The number of nitrogens with zero attached hydrogens (tertiary/aromatic N) is 2. The predicted octanol–water partition coefficient (Wildman–Crippen LogP) is -1.35. The van der Waals surface area contributed by atoms with Crippen LogP contribution in [0.5, 0.6) is 0 Å². The lowest BCUT2D eigenvalue weighted by molar-refractivity contribution is -0.0460. The van der Waals surface area contributed by atoms with E-state index in [-0.39, 0.29) is 13.0 Å². The van der Waals surface area contributed by atoms with E-state index in [1.165, 1.54) is 6.20 Å². The van der Waals surface area contributed by atoms with Crippen molar-refractivity contribution in [1.29, 1.82) is 0 Å². The van der Waals surface area contributed by atoms with Gasteiger partial charge in [-0.25, -0.2) is 4.79 Å². The molecule has 0 saturated carbocycles. The molecule has 0 amide bonds. The Hall–Kier alpha value is -1.15. The van der Waals surface area contributed by atoms with E-state index >= 15 is 0 Å². The molecule has 1 saturated heterocycles. The van der Waals surface area contributed by atoms with E-state index in [4.69, 9.17) is 21.6 Å². The van der Waals surface area contributed by atoms with Gasteiger partial charge in [0.05, 0.1) is 12.7 Å². The van der Waals surface area contributed by atoms with Gasteiger partial charge in [-0.3, -0.25) is 9.36 Å². The number of hydrogen-bond acceptors (Lipinski definition) is 5. The van der Waals surface area contributed by atoms with Crippen LogP contribution in [-0.2, 0) is 4.74 Å². The zero-order valence-electron chi connectivity index (χ0n) is 8.69. The van der Waals surface area contributed by atoms with Crippen molar-refractivity contribution in [2.75, 3.05) is 6.61 Å². The van der Waals surface area contributed by atoms with Crippen LogP contribution in [0.3, 0.4) is 0 Å². The SMILES string of the molecule is O=c1ccn([C@H]2C[C@H](O)[C@@H](CO)O2)c(=O)n1Cl. The van der Waals surface area contributed by atoms with E-state index < -0.39 is 29.7 Å². The summed E-state index contributed by atoms with van der Waals surface area (Å²) >= 11 is 5.47. The number of aromatic nitrogens is 2. The minimum absolute atomic E-state index is 0.153. The standard InChI is InChI=1S/C9H11ClN2O5/c10-12-7(15)1-2-11(9(12)16)8-3-5(14)6(4-13)17-8/h1-2,5-6,8,13-14H,3-4H2/t5-,6+,8+/m0/s1.